The molecule has 1 aliphatic heterocycles. The maximum atomic E-state index is 13.0. The molecule has 0 bridgehead atoms. The lowest BCUT2D eigenvalue weighted by atomic mass is 9.82. The van der Waals surface area contributed by atoms with Crippen LogP contribution in [-0.2, 0) is 10.2 Å². The molecule has 0 spiro atoms. The maximum absolute atomic E-state index is 13.0. The highest BCUT2D eigenvalue weighted by molar-refractivity contribution is 5.87. The lowest BCUT2D eigenvalue weighted by Gasteiger charge is -2.42. The predicted octanol–water partition coefficient (Wildman–Crippen LogP) is 2.42. The molecule has 1 amide bonds. The molecule has 3 heteroatoms. The van der Waals surface area contributed by atoms with Crippen LogP contribution in [0.1, 0.15) is 33.3 Å². The largest absolute Gasteiger partial charge is 0.336 e. The lowest BCUT2D eigenvalue weighted by Crippen LogP contribution is -2.59. The van der Waals surface area contributed by atoms with Crippen LogP contribution in [0.25, 0.3) is 0 Å². The fourth-order valence-corrected chi connectivity index (χ4v) is 2.91. The van der Waals surface area contributed by atoms with Crippen LogP contribution in [-0.4, -0.2) is 36.5 Å². The molecule has 1 aromatic rings. The Morgan fingerprint density at radius 1 is 1.30 bits per heavy atom. The highest BCUT2D eigenvalue weighted by Crippen LogP contribution is 2.28. The maximum Gasteiger partial charge on any atom is 0.233 e. The summed E-state index contributed by atoms with van der Waals surface area (Å²) in [4.78, 5) is 15.1. The number of benzene rings is 1. The number of amides is 1. The molecule has 0 radical (unpaired) electrons. The van der Waals surface area contributed by atoms with Gasteiger partial charge in [0.15, 0.2) is 0 Å². The summed E-state index contributed by atoms with van der Waals surface area (Å²) in [5.74, 6) is 0.710. The monoisotopic (exact) mass is 274 g/mol. The van der Waals surface area contributed by atoms with Gasteiger partial charge in [-0.2, -0.15) is 0 Å². The van der Waals surface area contributed by atoms with Gasteiger partial charge in [0.2, 0.25) is 5.91 Å². The topological polar surface area (TPSA) is 32.3 Å². The number of carbonyl (C=O) groups excluding carboxylic acids is 1. The molecule has 2 rings (SSSR count). The molecule has 0 aliphatic carbocycles. The van der Waals surface area contributed by atoms with Crippen molar-refractivity contribution in [2.45, 2.75) is 39.2 Å². The minimum Gasteiger partial charge on any atom is -0.336 e. The van der Waals surface area contributed by atoms with E-state index in [1.807, 2.05) is 44.2 Å². The molecule has 1 unspecified atom stereocenters. The van der Waals surface area contributed by atoms with Gasteiger partial charge in [0.05, 0.1) is 5.41 Å². The third-order valence-corrected chi connectivity index (χ3v) is 4.34. The van der Waals surface area contributed by atoms with Crippen molar-refractivity contribution in [1.82, 2.24) is 10.2 Å². The highest BCUT2D eigenvalue weighted by atomic mass is 16.2. The Hall–Kier alpha value is -1.35. The van der Waals surface area contributed by atoms with Crippen molar-refractivity contribution in [3.8, 4) is 0 Å². The van der Waals surface area contributed by atoms with Crippen molar-refractivity contribution in [3.63, 3.8) is 0 Å². The van der Waals surface area contributed by atoms with Gasteiger partial charge in [0.25, 0.3) is 0 Å². The fraction of sp³-hybridized carbons (Fsp3) is 0.588. The molecule has 110 valence electrons. The van der Waals surface area contributed by atoms with Gasteiger partial charge in [-0.25, -0.2) is 0 Å². The second kappa shape index (κ2) is 5.96. The summed E-state index contributed by atoms with van der Waals surface area (Å²) in [7, 11) is 0. The van der Waals surface area contributed by atoms with Gasteiger partial charge in [-0.3, -0.25) is 4.79 Å². The van der Waals surface area contributed by atoms with Gasteiger partial charge < -0.3 is 10.2 Å². The average Bonchev–Trinajstić information content (AvgIpc) is 2.47. The summed E-state index contributed by atoms with van der Waals surface area (Å²) >= 11 is 0. The molecule has 1 aliphatic rings. The number of hydrogen-bond donors (Lipinski definition) is 1. The standard InChI is InChI=1S/C17H26N2O/c1-13(2)15-12-18-10-11-19(15)16(20)17(3,4)14-8-6-5-7-9-14/h5-9,13,15,18H,10-12H2,1-4H3. The number of nitrogens with zero attached hydrogens (tertiary/aromatic N) is 1. The summed E-state index contributed by atoms with van der Waals surface area (Å²) in [6, 6.07) is 10.4. The molecular formula is C17H26N2O. The van der Waals surface area contributed by atoms with Gasteiger partial charge >= 0.3 is 0 Å². The molecule has 0 saturated carbocycles. The van der Waals surface area contributed by atoms with Crippen LogP contribution in [0.4, 0.5) is 0 Å². The SMILES string of the molecule is CC(C)C1CNCCN1C(=O)C(C)(C)c1ccccc1. The van der Waals surface area contributed by atoms with Crippen molar-refractivity contribution in [3.05, 3.63) is 35.9 Å². The summed E-state index contributed by atoms with van der Waals surface area (Å²) in [5, 5.41) is 3.40. The van der Waals surface area contributed by atoms with Gasteiger partial charge in [0.1, 0.15) is 0 Å². The van der Waals surface area contributed by atoms with E-state index in [2.05, 4.69) is 24.1 Å². The van der Waals surface area contributed by atoms with Crippen molar-refractivity contribution in [2.24, 2.45) is 5.92 Å². The van der Waals surface area contributed by atoms with Crippen molar-refractivity contribution < 1.29 is 4.79 Å². The first-order valence-electron chi connectivity index (χ1n) is 7.52. The van der Waals surface area contributed by atoms with E-state index in [0.717, 1.165) is 25.2 Å². The normalized spacial score (nSPS) is 20.2. The van der Waals surface area contributed by atoms with E-state index >= 15 is 0 Å². The smallest absolute Gasteiger partial charge is 0.233 e. The first-order chi connectivity index (χ1) is 9.44. The molecule has 1 N–H and O–H groups in total. The number of nitrogens with one attached hydrogen (secondary N) is 1. The Kier molecular flexibility index (Phi) is 4.48. The van der Waals surface area contributed by atoms with Crippen LogP contribution in [0.5, 0.6) is 0 Å². The first-order valence-corrected chi connectivity index (χ1v) is 7.52. The van der Waals surface area contributed by atoms with Crippen LogP contribution in [0.15, 0.2) is 30.3 Å². The van der Waals surface area contributed by atoms with Gasteiger partial charge in [-0.15, -0.1) is 0 Å². The quantitative estimate of drug-likeness (QED) is 0.918. The molecule has 1 saturated heterocycles. The Labute approximate surface area is 122 Å². The van der Waals surface area contributed by atoms with Gasteiger partial charge in [-0.05, 0) is 25.3 Å². The third-order valence-electron chi connectivity index (χ3n) is 4.34. The number of piperazine rings is 1. The minimum atomic E-state index is -0.467. The highest BCUT2D eigenvalue weighted by Gasteiger charge is 2.38. The van der Waals surface area contributed by atoms with E-state index in [9.17, 15) is 4.79 Å². The van der Waals surface area contributed by atoms with Crippen LogP contribution in [0.2, 0.25) is 0 Å². The average molecular weight is 274 g/mol. The first kappa shape index (κ1) is 15.0. The Balaban J connectivity index is 2.24. The van der Waals surface area contributed by atoms with Crippen LogP contribution in [0.3, 0.4) is 0 Å². The third kappa shape index (κ3) is 2.88. The summed E-state index contributed by atoms with van der Waals surface area (Å²) in [5.41, 5.74) is 0.622. The molecule has 1 atom stereocenters. The molecule has 1 aromatic carbocycles. The lowest BCUT2D eigenvalue weighted by molar-refractivity contribution is -0.140. The summed E-state index contributed by atoms with van der Waals surface area (Å²) in [6.45, 7) is 11.0. The Morgan fingerprint density at radius 3 is 2.55 bits per heavy atom. The fourth-order valence-electron chi connectivity index (χ4n) is 2.91. The zero-order valence-corrected chi connectivity index (χ0v) is 13.0. The predicted molar refractivity (Wildman–Crippen MR) is 82.7 cm³/mol. The van der Waals surface area contributed by atoms with E-state index in [1.54, 1.807) is 0 Å². The molecular weight excluding hydrogens is 248 g/mol. The van der Waals surface area contributed by atoms with Crippen LogP contribution in [0, 0.1) is 5.92 Å². The summed E-state index contributed by atoms with van der Waals surface area (Å²) < 4.78 is 0. The zero-order chi connectivity index (χ0) is 14.8. The number of rotatable bonds is 3. The van der Waals surface area contributed by atoms with Crippen molar-refractivity contribution >= 4 is 5.91 Å². The van der Waals surface area contributed by atoms with Gasteiger partial charge in [-0.1, -0.05) is 44.2 Å². The van der Waals surface area contributed by atoms with E-state index in [4.69, 9.17) is 0 Å². The van der Waals surface area contributed by atoms with Crippen LogP contribution >= 0.6 is 0 Å². The second-order valence-corrected chi connectivity index (χ2v) is 6.51. The van der Waals surface area contributed by atoms with E-state index < -0.39 is 5.41 Å². The van der Waals surface area contributed by atoms with E-state index in [1.165, 1.54) is 0 Å². The summed E-state index contributed by atoms with van der Waals surface area (Å²) in [6.07, 6.45) is 0. The Morgan fingerprint density at radius 2 is 1.95 bits per heavy atom. The number of hydrogen-bond acceptors (Lipinski definition) is 2. The Bertz CT molecular complexity index is 453. The number of carbonyl (C=O) groups is 1. The zero-order valence-electron chi connectivity index (χ0n) is 13.0. The molecule has 3 nitrogen and oxygen atoms in total. The molecule has 20 heavy (non-hydrogen) atoms. The van der Waals surface area contributed by atoms with Crippen LogP contribution < -0.4 is 5.32 Å². The van der Waals surface area contributed by atoms with Crippen molar-refractivity contribution in [2.75, 3.05) is 19.6 Å². The minimum absolute atomic E-state index is 0.240. The molecule has 1 heterocycles. The van der Waals surface area contributed by atoms with Gasteiger partial charge in [0, 0.05) is 25.7 Å². The molecule has 0 aromatic heterocycles. The molecule has 1 fully saturated rings. The second-order valence-electron chi connectivity index (χ2n) is 6.51. The van der Waals surface area contributed by atoms with E-state index in [0.29, 0.717) is 12.0 Å². The van der Waals surface area contributed by atoms with E-state index in [-0.39, 0.29) is 5.91 Å². The van der Waals surface area contributed by atoms with Crippen molar-refractivity contribution in [1.29, 1.82) is 0 Å².